The number of carbonyl (C=O) groups is 1. The zero-order valence-corrected chi connectivity index (χ0v) is 15.3. The van der Waals surface area contributed by atoms with Crippen molar-refractivity contribution in [1.29, 1.82) is 0 Å². The lowest BCUT2D eigenvalue weighted by molar-refractivity contribution is -0.384. The number of nitro benzene ring substituents is 1. The highest BCUT2D eigenvalue weighted by Gasteiger charge is 2.27. The largest absolute Gasteiger partial charge is 0.480 e. The molecular formula is C15H23N3O6S. The van der Waals surface area contributed by atoms with E-state index in [9.17, 15) is 23.3 Å². The van der Waals surface area contributed by atoms with Crippen molar-refractivity contribution in [2.75, 3.05) is 31.1 Å². The third-order valence-electron chi connectivity index (χ3n) is 3.65. The lowest BCUT2D eigenvalue weighted by Crippen LogP contribution is -2.32. The molecule has 1 N–H and O–H groups in total. The molecule has 140 valence electrons. The predicted octanol–water partition coefficient (Wildman–Crippen LogP) is 1.93. The summed E-state index contributed by atoms with van der Waals surface area (Å²) in [6.45, 7) is 5.57. The van der Waals surface area contributed by atoms with Gasteiger partial charge in [-0.3, -0.25) is 14.9 Å². The maximum atomic E-state index is 12.5. The molecule has 0 fully saturated rings. The van der Waals surface area contributed by atoms with E-state index < -0.39 is 33.1 Å². The third-order valence-corrected chi connectivity index (χ3v) is 5.69. The van der Waals surface area contributed by atoms with Crippen molar-refractivity contribution in [3.63, 3.8) is 0 Å². The SMILES string of the molecule is CCCN(CC(=O)O)c1ccc(S(=O)(=O)N(CC)CC)cc1[N+](=O)[O-]. The highest BCUT2D eigenvalue weighted by Crippen LogP contribution is 2.32. The molecule has 10 heteroatoms. The molecule has 0 aromatic heterocycles. The van der Waals surface area contributed by atoms with E-state index in [1.54, 1.807) is 13.8 Å². The summed E-state index contributed by atoms with van der Waals surface area (Å²) in [6.07, 6.45) is 0.587. The van der Waals surface area contributed by atoms with Crippen LogP contribution in [-0.4, -0.2) is 54.9 Å². The van der Waals surface area contributed by atoms with Gasteiger partial charge in [0.05, 0.1) is 9.82 Å². The summed E-state index contributed by atoms with van der Waals surface area (Å²) in [5, 5.41) is 20.4. The van der Waals surface area contributed by atoms with Crippen LogP contribution in [0, 0.1) is 10.1 Å². The molecule has 0 heterocycles. The molecule has 0 saturated heterocycles. The van der Waals surface area contributed by atoms with Crippen LogP contribution in [0.2, 0.25) is 0 Å². The van der Waals surface area contributed by atoms with Gasteiger partial charge < -0.3 is 10.0 Å². The van der Waals surface area contributed by atoms with Gasteiger partial charge in [-0.05, 0) is 18.6 Å². The molecule has 0 spiro atoms. The molecule has 0 atom stereocenters. The van der Waals surface area contributed by atoms with E-state index in [-0.39, 0.29) is 23.7 Å². The fourth-order valence-electron chi connectivity index (χ4n) is 2.51. The summed E-state index contributed by atoms with van der Waals surface area (Å²) < 4.78 is 26.3. The van der Waals surface area contributed by atoms with Gasteiger partial charge in [-0.15, -0.1) is 0 Å². The van der Waals surface area contributed by atoms with Crippen molar-refractivity contribution < 1.29 is 23.2 Å². The summed E-state index contributed by atoms with van der Waals surface area (Å²) in [7, 11) is -3.84. The minimum atomic E-state index is -3.84. The van der Waals surface area contributed by atoms with E-state index in [0.717, 1.165) is 6.07 Å². The first kappa shape index (κ1) is 20.8. The molecule has 0 bridgehead atoms. The van der Waals surface area contributed by atoms with Crippen molar-refractivity contribution >= 4 is 27.4 Å². The zero-order chi connectivity index (χ0) is 19.2. The number of carboxylic acid groups (broad SMARTS) is 1. The molecule has 1 aromatic carbocycles. The van der Waals surface area contributed by atoms with Gasteiger partial charge in [-0.1, -0.05) is 20.8 Å². The van der Waals surface area contributed by atoms with Crippen molar-refractivity contribution in [3.8, 4) is 0 Å². The monoisotopic (exact) mass is 373 g/mol. The van der Waals surface area contributed by atoms with Crippen LogP contribution in [0.1, 0.15) is 27.2 Å². The standard InChI is InChI=1S/C15H23N3O6S/c1-4-9-16(11-15(19)20)13-8-7-12(10-14(13)18(21)22)25(23,24)17(5-2)6-3/h7-8,10H,4-6,9,11H2,1-3H3,(H,19,20). The number of hydrogen-bond acceptors (Lipinski definition) is 6. The third kappa shape index (κ3) is 4.89. The van der Waals surface area contributed by atoms with Crippen LogP contribution in [0.5, 0.6) is 0 Å². The number of aliphatic carboxylic acids is 1. The second-order valence-corrected chi connectivity index (χ2v) is 7.25. The van der Waals surface area contributed by atoms with Crippen molar-refractivity contribution in [2.45, 2.75) is 32.1 Å². The van der Waals surface area contributed by atoms with Gasteiger partial charge in [-0.25, -0.2) is 8.42 Å². The maximum Gasteiger partial charge on any atom is 0.323 e. The van der Waals surface area contributed by atoms with Crippen LogP contribution >= 0.6 is 0 Å². The second kappa shape index (κ2) is 8.77. The molecule has 0 aliphatic heterocycles. The van der Waals surface area contributed by atoms with Crippen molar-refractivity contribution in [3.05, 3.63) is 28.3 Å². The highest BCUT2D eigenvalue weighted by atomic mass is 32.2. The highest BCUT2D eigenvalue weighted by molar-refractivity contribution is 7.89. The molecule has 0 aliphatic rings. The average Bonchev–Trinajstić information content (AvgIpc) is 2.54. The van der Waals surface area contributed by atoms with Crippen molar-refractivity contribution in [2.24, 2.45) is 0 Å². The Hall–Kier alpha value is -2.20. The Morgan fingerprint density at radius 1 is 1.24 bits per heavy atom. The van der Waals surface area contributed by atoms with Crippen LogP contribution in [0.25, 0.3) is 0 Å². The summed E-state index contributed by atoms with van der Waals surface area (Å²) in [6, 6.07) is 3.57. The Morgan fingerprint density at radius 2 is 1.84 bits per heavy atom. The van der Waals surface area contributed by atoms with Crippen LogP contribution in [-0.2, 0) is 14.8 Å². The number of nitrogens with zero attached hydrogens (tertiary/aromatic N) is 3. The van der Waals surface area contributed by atoms with Crippen LogP contribution in [0.4, 0.5) is 11.4 Å². The lowest BCUT2D eigenvalue weighted by Gasteiger charge is -2.23. The van der Waals surface area contributed by atoms with Crippen molar-refractivity contribution in [1.82, 2.24) is 4.31 Å². The number of anilines is 1. The summed E-state index contributed by atoms with van der Waals surface area (Å²) in [4.78, 5) is 22.9. The average molecular weight is 373 g/mol. The number of sulfonamides is 1. The first-order valence-corrected chi connectivity index (χ1v) is 9.38. The molecule has 1 rings (SSSR count). The van der Waals surface area contributed by atoms with Gasteiger partial charge in [0.2, 0.25) is 10.0 Å². The molecule has 9 nitrogen and oxygen atoms in total. The molecule has 0 radical (unpaired) electrons. The molecule has 0 unspecified atom stereocenters. The van der Waals surface area contributed by atoms with E-state index in [4.69, 9.17) is 5.11 Å². The summed E-state index contributed by atoms with van der Waals surface area (Å²) in [5.74, 6) is -1.12. The van der Waals surface area contributed by atoms with E-state index in [0.29, 0.717) is 13.0 Å². The van der Waals surface area contributed by atoms with Gasteiger partial charge in [0, 0.05) is 25.7 Å². The van der Waals surface area contributed by atoms with Gasteiger partial charge >= 0.3 is 5.97 Å². The minimum absolute atomic E-state index is 0.0905. The normalized spacial score (nSPS) is 11.5. The number of hydrogen-bond donors (Lipinski definition) is 1. The number of carboxylic acids is 1. The van der Waals surface area contributed by atoms with E-state index in [1.807, 2.05) is 6.92 Å². The Morgan fingerprint density at radius 3 is 2.28 bits per heavy atom. The molecule has 0 amide bonds. The predicted molar refractivity (Wildman–Crippen MR) is 93.3 cm³/mol. The summed E-state index contributed by atoms with van der Waals surface area (Å²) in [5.41, 5.74) is -0.337. The maximum absolute atomic E-state index is 12.5. The first-order chi connectivity index (χ1) is 11.7. The van der Waals surface area contributed by atoms with Crippen LogP contribution in [0.3, 0.4) is 0 Å². The fourth-order valence-corrected chi connectivity index (χ4v) is 3.99. The van der Waals surface area contributed by atoms with E-state index >= 15 is 0 Å². The van der Waals surface area contributed by atoms with Gasteiger partial charge in [-0.2, -0.15) is 4.31 Å². The molecule has 0 saturated carbocycles. The minimum Gasteiger partial charge on any atom is -0.480 e. The summed E-state index contributed by atoms with van der Waals surface area (Å²) >= 11 is 0. The van der Waals surface area contributed by atoms with Crippen LogP contribution in [0.15, 0.2) is 23.1 Å². The number of rotatable bonds is 10. The van der Waals surface area contributed by atoms with Gasteiger partial charge in [0.25, 0.3) is 5.69 Å². The Labute approximate surface area is 147 Å². The van der Waals surface area contributed by atoms with Gasteiger partial charge in [0.1, 0.15) is 12.2 Å². The van der Waals surface area contributed by atoms with E-state index in [2.05, 4.69) is 0 Å². The lowest BCUT2D eigenvalue weighted by atomic mass is 10.2. The number of nitro groups is 1. The fraction of sp³-hybridized carbons (Fsp3) is 0.533. The Bertz CT molecular complexity index is 731. The van der Waals surface area contributed by atoms with E-state index in [1.165, 1.54) is 21.3 Å². The molecule has 0 aliphatic carbocycles. The Kier molecular flexibility index (Phi) is 7.31. The second-order valence-electron chi connectivity index (χ2n) is 5.31. The molecular weight excluding hydrogens is 350 g/mol. The molecule has 25 heavy (non-hydrogen) atoms. The topological polar surface area (TPSA) is 121 Å². The molecule has 1 aromatic rings. The zero-order valence-electron chi connectivity index (χ0n) is 14.5. The smallest absolute Gasteiger partial charge is 0.323 e. The van der Waals surface area contributed by atoms with Crippen LogP contribution < -0.4 is 4.90 Å². The number of benzene rings is 1. The quantitative estimate of drug-likeness (QED) is 0.491. The Balaban J connectivity index is 3.45. The first-order valence-electron chi connectivity index (χ1n) is 7.94. The van der Waals surface area contributed by atoms with Gasteiger partial charge in [0.15, 0.2) is 0 Å².